The monoisotopic (exact) mass is 478 g/mol. The minimum absolute atomic E-state index is 0.0117. The molecule has 28 heavy (non-hydrogen) atoms. The van der Waals surface area contributed by atoms with Gasteiger partial charge in [0.2, 0.25) is 0 Å². The molecule has 2 aromatic carbocycles. The van der Waals surface area contributed by atoms with Crippen molar-refractivity contribution in [1.82, 2.24) is 0 Å². The van der Waals surface area contributed by atoms with Crippen molar-refractivity contribution in [3.05, 3.63) is 100.0 Å². The molecule has 1 atom stereocenters. The molecule has 0 fully saturated rings. The number of benzene rings is 2. The van der Waals surface area contributed by atoms with Crippen molar-refractivity contribution in [1.29, 1.82) is 0 Å². The molecule has 0 saturated carbocycles. The zero-order chi connectivity index (χ0) is 19.9. The molecule has 0 amide bonds. The average molecular weight is 478 g/mol. The molecule has 142 valence electrons. The van der Waals surface area contributed by atoms with E-state index in [1.807, 2.05) is 6.08 Å². The van der Waals surface area contributed by atoms with E-state index < -0.39 is 0 Å². The Hall–Kier alpha value is -1.87. The Morgan fingerprint density at radius 3 is 2.71 bits per heavy atom. The third-order valence-corrected chi connectivity index (χ3v) is 6.58. The first-order valence-electron chi connectivity index (χ1n) is 10.0. The SMILES string of the molecule is C=CC=C1/C(=C\CI)C(C)(C)c2cc(C3=c4ccccc4=CC(C)C3)ccc21. The smallest absolute Gasteiger partial charge is 0.0182 e. The number of fused-ring (bicyclic) bond motifs is 2. The maximum absolute atomic E-state index is 3.95. The van der Waals surface area contributed by atoms with Gasteiger partial charge in [0.1, 0.15) is 0 Å². The average Bonchev–Trinajstić information content (AvgIpc) is 2.89. The second-order valence-electron chi connectivity index (χ2n) is 8.39. The Morgan fingerprint density at radius 1 is 1.18 bits per heavy atom. The summed E-state index contributed by atoms with van der Waals surface area (Å²) >= 11 is 2.44. The van der Waals surface area contributed by atoms with E-state index in [2.05, 4.69) is 111 Å². The van der Waals surface area contributed by atoms with Crippen molar-refractivity contribution >= 4 is 39.8 Å². The van der Waals surface area contributed by atoms with Crippen LogP contribution in [0.25, 0.3) is 17.2 Å². The summed E-state index contributed by atoms with van der Waals surface area (Å²) in [6, 6.07) is 15.9. The molecule has 0 aliphatic heterocycles. The van der Waals surface area contributed by atoms with Crippen LogP contribution in [-0.4, -0.2) is 4.43 Å². The van der Waals surface area contributed by atoms with Crippen molar-refractivity contribution in [2.45, 2.75) is 32.6 Å². The van der Waals surface area contributed by atoms with Crippen molar-refractivity contribution in [2.75, 3.05) is 4.43 Å². The highest BCUT2D eigenvalue weighted by molar-refractivity contribution is 14.1. The lowest BCUT2D eigenvalue weighted by Gasteiger charge is -2.23. The Labute approximate surface area is 182 Å². The van der Waals surface area contributed by atoms with Crippen molar-refractivity contribution in [3.8, 4) is 0 Å². The van der Waals surface area contributed by atoms with Crippen LogP contribution in [0.5, 0.6) is 0 Å². The van der Waals surface area contributed by atoms with Crippen LogP contribution in [0.15, 0.2) is 72.8 Å². The molecule has 0 radical (unpaired) electrons. The predicted molar refractivity (Wildman–Crippen MR) is 131 cm³/mol. The summed E-state index contributed by atoms with van der Waals surface area (Å²) in [7, 11) is 0. The van der Waals surface area contributed by atoms with Crippen LogP contribution < -0.4 is 10.4 Å². The summed E-state index contributed by atoms with van der Waals surface area (Å²) in [6.07, 6.45) is 9.96. The second-order valence-corrected chi connectivity index (χ2v) is 9.27. The Kier molecular flexibility index (Phi) is 5.22. The van der Waals surface area contributed by atoms with Gasteiger partial charge in [-0.25, -0.2) is 0 Å². The molecule has 2 aromatic rings. The lowest BCUT2D eigenvalue weighted by molar-refractivity contribution is 0.659. The van der Waals surface area contributed by atoms with E-state index in [1.165, 1.54) is 43.8 Å². The van der Waals surface area contributed by atoms with Gasteiger partial charge in [0, 0.05) is 9.84 Å². The van der Waals surface area contributed by atoms with Gasteiger partial charge in [0.05, 0.1) is 0 Å². The van der Waals surface area contributed by atoms with E-state index in [9.17, 15) is 0 Å². The van der Waals surface area contributed by atoms with Crippen molar-refractivity contribution in [2.24, 2.45) is 5.92 Å². The molecule has 0 heterocycles. The molecule has 0 N–H and O–H groups in total. The predicted octanol–water partition coefficient (Wildman–Crippen LogP) is 5.93. The largest absolute Gasteiger partial charge is 0.0990 e. The van der Waals surface area contributed by atoms with Gasteiger partial charge in [-0.1, -0.05) is 111 Å². The lowest BCUT2D eigenvalue weighted by atomic mass is 9.80. The molecule has 2 aliphatic rings. The Balaban J connectivity index is 1.97. The highest BCUT2D eigenvalue weighted by atomic mass is 127. The van der Waals surface area contributed by atoms with E-state index in [4.69, 9.17) is 0 Å². The van der Waals surface area contributed by atoms with Crippen LogP contribution >= 0.6 is 22.6 Å². The highest BCUT2D eigenvalue weighted by Crippen LogP contribution is 2.50. The fraction of sp³-hybridized carbons (Fsp3) is 0.259. The molecule has 0 saturated heterocycles. The van der Waals surface area contributed by atoms with Crippen LogP contribution in [0, 0.1) is 5.92 Å². The molecule has 0 aromatic heterocycles. The van der Waals surface area contributed by atoms with Gasteiger partial charge in [-0.05, 0) is 62.3 Å². The molecule has 1 heteroatoms. The summed E-state index contributed by atoms with van der Waals surface area (Å²) in [4.78, 5) is 0. The summed E-state index contributed by atoms with van der Waals surface area (Å²) in [5, 5.41) is 2.76. The fourth-order valence-corrected chi connectivity index (χ4v) is 5.28. The molecule has 0 bridgehead atoms. The molecule has 0 spiro atoms. The highest BCUT2D eigenvalue weighted by Gasteiger charge is 2.37. The standard InChI is InChI=1S/C27H27I/c1-5-8-22-23-12-11-20(17-26(23)27(3,4)25(22)13-14-28)24-16-18(2)15-19-9-6-7-10-21(19)24/h5-13,15,17-18H,1,14,16H2,2-4H3/b22-8?,25-13+. The fourth-order valence-electron chi connectivity index (χ4n) is 4.84. The van der Waals surface area contributed by atoms with Gasteiger partial charge < -0.3 is 0 Å². The van der Waals surface area contributed by atoms with E-state index >= 15 is 0 Å². The van der Waals surface area contributed by atoms with Gasteiger partial charge in [-0.2, -0.15) is 0 Å². The minimum atomic E-state index is 0.0117. The van der Waals surface area contributed by atoms with Crippen LogP contribution in [-0.2, 0) is 5.41 Å². The van der Waals surface area contributed by atoms with Crippen molar-refractivity contribution in [3.63, 3.8) is 0 Å². The molecule has 1 unspecified atom stereocenters. The maximum Gasteiger partial charge on any atom is 0.0182 e. The second kappa shape index (κ2) is 7.51. The summed E-state index contributed by atoms with van der Waals surface area (Å²) < 4.78 is 1.02. The number of halogens is 1. The number of alkyl halides is 1. The van der Waals surface area contributed by atoms with E-state index in [0.717, 1.165) is 10.8 Å². The molecule has 2 aliphatic carbocycles. The topological polar surface area (TPSA) is 0 Å². The minimum Gasteiger partial charge on any atom is -0.0990 e. The zero-order valence-electron chi connectivity index (χ0n) is 16.9. The first-order chi connectivity index (χ1) is 13.5. The number of hydrogen-bond donors (Lipinski definition) is 0. The van der Waals surface area contributed by atoms with Crippen LogP contribution in [0.2, 0.25) is 0 Å². The Bertz CT molecular complexity index is 1130. The zero-order valence-corrected chi connectivity index (χ0v) is 19.1. The van der Waals surface area contributed by atoms with Gasteiger partial charge in [-0.3, -0.25) is 0 Å². The van der Waals surface area contributed by atoms with Gasteiger partial charge >= 0.3 is 0 Å². The van der Waals surface area contributed by atoms with E-state index in [-0.39, 0.29) is 5.41 Å². The summed E-state index contributed by atoms with van der Waals surface area (Å²) in [5.74, 6) is 0.567. The van der Waals surface area contributed by atoms with E-state index in [0.29, 0.717) is 5.92 Å². The number of allylic oxidation sites excluding steroid dienone is 5. The van der Waals surface area contributed by atoms with Crippen molar-refractivity contribution < 1.29 is 0 Å². The molecule has 0 nitrogen and oxygen atoms in total. The van der Waals surface area contributed by atoms with E-state index in [1.54, 1.807) is 0 Å². The maximum atomic E-state index is 3.95. The normalized spacial score (nSPS) is 22.7. The van der Waals surface area contributed by atoms with Gasteiger partial charge in [0.15, 0.2) is 0 Å². The number of hydrogen-bond acceptors (Lipinski definition) is 0. The van der Waals surface area contributed by atoms with Crippen LogP contribution in [0.3, 0.4) is 0 Å². The van der Waals surface area contributed by atoms with Crippen LogP contribution in [0.4, 0.5) is 0 Å². The number of rotatable bonds is 3. The first-order valence-corrected chi connectivity index (χ1v) is 11.5. The first kappa shape index (κ1) is 19.4. The summed E-state index contributed by atoms with van der Waals surface area (Å²) in [5.41, 5.74) is 8.39. The molecular weight excluding hydrogens is 451 g/mol. The quantitative estimate of drug-likeness (QED) is 0.379. The lowest BCUT2D eigenvalue weighted by Crippen LogP contribution is -2.31. The third kappa shape index (κ3) is 3.14. The van der Waals surface area contributed by atoms with Crippen LogP contribution in [0.1, 0.15) is 43.9 Å². The molecular formula is C27H27I. The Morgan fingerprint density at radius 2 is 1.96 bits per heavy atom. The van der Waals surface area contributed by atoms with Gasteiger partial charge in [0.25, 0.3) is 0 Å². The molecule has 4 rings (SSSR count). The van der Waals surface area contributed by atoms with Gasteiger partial charge in [-0.15, -0.1) is 0 Å². The summed E-state index contributed by atoms with van der Waals surface area (Å²) in [6.45, 7) is 11.0. The third-order valence-electron chi connectivity index (χ3n) is 6.14.